The average molecular weight is 235 g/mol. The second-order valence-electron chi connectivity index (χ2n) is 4.66. The van der Waals surface area contributed by atoms with Gasteiger partial charge in [0, 0.05) is 24.7 Å². The number of nitrogens with two attached hydrogens (primary N) is 1. The number of aliphatic imine (C=N–C) groups is 1. The van der Waals surface area contributed by atoms with Crippen LogP contribution < -0.4 is 11.1 Å². The van der Waals surface area contributed by atoms with Crippen LogP contribution in [0.15, 0.2) is 29.3 Å². The molecule has 1 saturated carbocycles. The molecule has 3 nitrogen and oxygen atoms in total. The highest BCUT2D eigenvalue weighted by molar-refractivity contribution is 6.00. The molecule has 0 aromatic heterocycles. The fraction of sp³-hybridized carbons (Fsp3) is 0.643. The van der Waals surface area contributed by atoms with Gasteiger partial charge >= 0.3 is 0 Å². The minimum atomic E-state index is 0.387. The van der Waals surface area contributed by atoms with E-state index in [4.69, 9.17) is 5.73 Å². The van der Waals surface area contributed by atoms with E-state index in [9.17, 15) is 0 Å². The molecule has 1 rings (SSSR count). The van der Waals surface area contributed by atoms with Crippen molar-refractivity contribution in [2.45, 2.75) is 51.1 Å². The molecule has 0 unspecified atom stereocenters. The van der Waals surface area contributed by atoms with Crippen LogP contribution >= 0.6 is 0 Å². The predicted molar refractivity (Wildman–Crippen MR) is 75.3 cm³/mol. The van der Waals surface area contributed by atoms with Gasteiger partial charge in [0.15, 0.2) is 0 Å². The van der Waals surface area contributed by atoms with Crippen LogP contribution in [0.1, 0.15) is 39.0 Å². The zero-order valence-corrected chi connectivity index (χ0v) is 11.1. The summed E-state index contributed by atoms with van der Waals surface area (Å²) in [6.45, 7) is 6.15. The fourth-order valence-corrected chi connectivity index (χ4v) is 2.10. The number of hydrogen-bond donors (Lipinski definition) is 2. The Morgan fingerprint density at radius 2 is 2.06 bits per heavy atom. The normalized spacial score (nSPS) is 26.2. The quantitative estimate of drug-likeness (QED) is 0.446. The third-order valence-corrected chi connectivity index (χ3v) is 3.20. The van der Waals surface area contributed by atoms with E-state index in [1.54, 1.807) is 0 Å². The standard InChI is InChI=1S/C14H25N3/c1-4-5-6-11(2)14(16-3)17-13-9-7-12(15)8-10-13/h5-6,12-13H,2,4,7-10,15H2,1,3H3,(H,16,17). The first-order valence-electron chi connectivity index (χ1n) is 6.52. The monoisotopic (exact) mass is 235 g/mol. The molecule has 96 valence electrons. The van der Waals surface area contributed by atoms with Gasteiger partial charge in [-0.2, -0.15) is 0 Å². The summed E-state index contributed by atoms with van der Waals surface area (Å²) in [5.74, 6) is 0.912. The first kappa shape index (κ1) is 14.0. The van der Waals surface area contributed by atoms with E-state index in [1.165, 1.54) is 0 Å². The molecule has 1 aliphatic carbocycles. The predicted octanol–water partition coefficient (Wildman–Crippen LogP) is 2.40. The molecule has 3 N–H and O–H groups in total. The summed E-state index contributed by atoms with van der Waals surface area (Å²) in [6, 6.07) is 0.888. The highest BCUT2D eigenvalue weighted by Gasteiger charge is 2.19. The summed E-state index contributed by atoms with van der Waals surface area (Å²) in [6.07, 6.45) is 9.62. The molecule has 0 atom stereocenters. The molecular formula is C14H25N3. The van der Waals surface area contributed by atoms with Crippen LogP contribution in [0.25, 0.3) is 0 Å². The van der Waals surface area contributed by atoms with Gasteiger partial charge in [0.1, 0.15) is 5.84 Å². The van der Waals surface area contributed by atoms with Crippen molar-refractivity contribution >= 4 is 5.84 Å². The van der Waals surface area contributed by atoms with Crippen molar-refractivity contribution < 1.29 is 0 Å². The van der Waals surface area contributed by atoms with E-state index in [1.807, 2.05) is 13.1 Å². The van der Waals surface area contributed by atoms with Crippen LogP contribution in [0.5, 0.6) is 0 Å². The maximum atomic E-state index is 5.90. The van der Waals surface area contributed by atoms with Crippen molar-refractivity contribution in [2.75, 3.05) is 7.05 Å². The molecule has 17 heavy (non-hydrogen) atoms. The Bertz CT molecular complexity index is 297. The Hall–Kier alpha value is -1.09. The van der Waals surface area contributed by atoms with E-state index in [-0.39, 0.29) is 0 Å². The van der Waals surface area contributed by atoms with Crippen molar-refractivity contribution in [1.29, 1.82) is 0 Å². The van der Waals surface area contributed by atoms with Crippen LogP contribution in [0, 0.1) is 0 Å². The van der Waals surface area contributed by atoms with Gasteiger partial charge in [-0.15, -0.1) is 0 Å². The largest absolute Gasteiger partial charge is 0.367 e. The molecule has 0 spiro atoms. The first-order valence-corrected chi connectivity index (χ1v) is 6.52. The molecule has 3 heteroatoms. The van der Waals surface area contributed by atoms with Crippen LogP contribution in [0.4, 0.5) is 0 Å². The zero-order chi connectivity index (χ0) is 12.7. The van der Waals surface area contributed by atoms with Gasteiger partial charge < -0.3 is 11.1 Å². The van der Waals surface area contributed by atoms with Gasteiger partial charge in [-0.05, 0) is 32.1 Å². The second-order valence-corrected chi connectivity index (χ2v) is 4.66. The molecule has 1 aliphatic rings. The number of nitrogens with one attached hydrogen (secondary N) is 1. The van der Waals surface area contributed by atoms with Gasteiger partial charge in [0.05, 0.1) is 0 Å². The molecule has 0 bridgehead atoms. The Morgan fingerprint density at radius 1 is 1.41 bits per heavy atom. The Kier molecular flexibility index (Phi) is 5.98. The van der Waals surface area contributed by atoms with Crippen LogP contribution in [-0.4, -0.2) is 25.0 Å². The van der Waals surface area contributed by atoms with Gasteiger partial charge in [0.2, 0.25) is 0 Å². The molecular weight excluding hydrogens is 210 g/mol. The lowest BCUT2D eigenvalue weighted by atomic mass is 9.91. The highest BCUT2D eigenvalue weighted by Crippen LogP contribution is 2.17. The van der Waals surface area contributed by atoms with Crippen LogP contribution in [0.3, 0.4) is 0 Å². The van der Waals surface area contributed by atoms with Crippen molar-refractivity contribution in [3.05, 3.63) is 24.3 Å². The minimum absolute atomic E-state index is 0.387. The van der Waals surface area contributed by atoms with Crippen molar-refractivity contribution in [3.63, 3.8) is 0 Å². The van der Waals surface area contributed by atoms with E-state index < -0.39 is 0 Å². The highest BCUT2D eigenvalue weighted by atomic mass is 15.0. The zero-order valence-electron chi connectivity index (χ0n) is 11.1. The van der Waals surface area contributed by atoms with Gasteiger partial charge in [-0.25, -0.2) is 0 Å². The SMILES string of the molecule is C=C(C=CCC)C(=NC)NC1CCC(N)CC1. The van der Waals surface area contributed by atoms with E-state index in [0.29, 0.717) is 12.1 Å². The lowest BCUT2D eigenvalue weighted by Crippen LogP contribution is -2.40. The average Bonchev–Trinajstić information content (AvgIpc) is 2.35. The fourth-order valence-electron chi connectivity index (χ4n) is 2.10. The number of nitrogens with zero attached hydrogens (tertiary/aromatic N) is 1. The number of rotatable bonds is 4. The molecule has 0 aromatic rings. The molecule has 0 aromatic carbocycles. The number of hydrogen-bond acceptors (Lipinski definition) is 2. The maximum absolute atomic E-state index is 5.90. The number of allylic oxidation sites excluding steroid dienone is 1. The molecule has 0 amide bonds. The van der Waals surface area contributed by atoms with Crippen LogP contribution in [0.2, 0.25) is 0 Å². The lowest BCUT2D eigenvalue weighted by Gasteiger charge is -2.28. The Labute approximate surface area is 105 Å². The molecule has 0 saturated heterocycles. The van der Waals surface area contributed by atoms with E-state index in [0.717, 1.165) is 43.5 Å². The summed E-state index contributed by atoms with van der Waals surface area (Å²) in [5.41, 5.74) is 6.86. The van der Waals surface area contributed by atoms with Crippen molar-refractivity contribution in [3.8, 4) is 0 Å². The number of amidine groups is 1. The van der Waals surface area contributed by atoms with Gasteiger partial charge in [0.25, 0.3) is 0 Å². The Balaban J connectivity index is 2.47. The third kappa shape index (κ3) is 4.73. The van der Waals surface area contributed by atoms with Gasteiger partial charge in [-0.3, -0.25) is 4.99 Å². The lowest BCUT2D eigenvalue weighted by molar-refractivity contribution is 0.373. The smallest absolute Gasteiger partial charge is 0.127 e. The summed E-state index contributed by atoms with van der Waals surface area (Å²) in [5, 5.41) is 3.48. The van der Waals surface area contributed by atoms with Gasteiger partial charge in [-0.1, -0.05) is 25.7 Å². The Morgan fingerprint density at radius 3 is 2.59 bits per heavy atom. The topological polar surface area (TPSA) is 50.4 Å². The third-order valence-electron chi connectivity index (χ3n) is 3.20. The molecule has 1 fully saturated rings. The summed E-state index contributed by atoms with van der Waals surface area (Å²) >= 11 is 0. The van der Waals surface area contributed by atoms with E-state index >= 15 is 0 Å². The molecule has 0 aliphatic heterocycles. The summed E-state index contributed by atoms with van der Waals surface area (Å²) < 4.78 is 0. The molecule has 0 radical (unpaired) electrons. The summed E-state index contributed by atoms with van der Waals surface area (Å²) in [4.78, 5) is 4.28. The van der Waals surface area contributed by atoms with Crippen LogP contribution in [-0.2, 0) is 0 Å². The van der Waals surface area contributed by atoms with E-state index in [2.05, 4.69) is 29.9 Å². The van der Waals surface area contributed by atoms with Crippen molar-refractivity contribution in [2.24, 2.45) is 10.7 Å². The maximum Gasteiger partial charge on any atom is 0.127 e. The molecule has 0 heterocycles. The second kappa shape index (κ2) is 7.28. The summed E-state index contributed by atoms with van der Waals surface area (Å²) in [7, 11) is 1.81. The first-order chi connectivity index (χ1) is 8.17. The minimum Gasteiger partial charge on any atom is -0.367 e. The van der Waals surface area contributed by atoms with Crippen molar-refractivity contribution in [1.82, 2.24) is 5.32 Å².